The van der Waals surface area contributed by atoms with Crippen LogP contribution in [0.3, 0.4) is 0 Å². The highest BCUT2D eigenvalue weighted by Crippen LogP contribution is 2.25. The van der Waals surface area contributed by atoms with E-state index in [-0.39, 0.29) is 0 Å². The molecule has 0 aromatic rings. The highest BCUT2D eigenvalue weighted by Gasteiger charge is 2.35. The van der Waals surface area contributed by atoms with E-state index < -0.39 is 11.9 Å². The van der Waals surface area contributed by atoms with E-state index in [4.69, 9.17) is 5.26 Å². The van der Waals surface area contributed by atoms with Gasteiger partial charge in [-0.25, -0.2) is 0 Å². The van der Waals surface area contributed by atoms with Gasteiger partial charge in [-0.2, -0.15) is 18.4 Å². The molecule has 0 rings (SSSR count). The molecule has 0 fully saturated rings. The Bertz CT molecular complexity index is 176. The number of rotatable bonds is 1. The Morgan fingerprint density at radius 1 is 1.60 bits per heavy atom. The van der Waals surface area contributed by atoms with Gasteiger partial charge in [0.15, 0.2) is 0 Å². The highest BCUT2D eigenvalue weighted by molar-refractivity contribution is 5.11. The number of halogens is 3. The lowest BCUT2D eigenvalue weighted by molar-refractivity contribution is -0.125. The van der Waals surface area contributed by atoms with Gasteiger partial charge in [-0.3, -0.25) is 0 Å². The molecule has 0 aliphatic carbocycles. The standard InChI is InChI=1S/C5H4F3NO/c1-10-4(2-3-9)5(6,7)8/h2H,1H3/b4-2+. The molecule has 0 aromatic heterocycles. The van der Waals surface area contributed by atoms with Crippen LogP contribution in [0.25, 0.3) is 0 Å². The van der Waals surface area contributed by atoms with Crippen LogP contribution in [0.4, 0.5) is 13.2 Å². The smallest absolute Gasteiger partial charge is 0.449 e. The maximum Gasteiger partial charge on any atom is 0.449 e. The summed E-state index contributed by atoms with van der Waals surface area (Å²) < 4.78 is 38.6. The number of hydrogen-bond donors (Lipinski definition) is 0. The molecule has 0 aliphatic rings. The Hall–Kier alpha value is -1.18. The summed E-state index contributed by atoms with van der Waals surface area (Å²) in [6, 6.07) is 1.22. The van der Waals surface area contributed by atoms with Crippen LogP contribution in [0.2, 0.25) is 0 Å². The van der Waals surface area contributed by atoms with Crippen LogP contribution in [-0.2, 0) is 4.74 Å². The second kappa shape index (κ2) is 3.11. The van der Waals surface area contributed by atoms with Crippen molar-refractivity contribution in [3.05, 3.63) is 11.8 Å². The van der Waals surface area contributed by atoms with Crippen LogP contribution in [0.5, 0.6) is 0 Å². The number of methoxy groups -OCH3 is 1. The zero-order valence-corrected chi connectivity index (χ0v) is 5.07. The van der Waals surface area contributed by atoms with Gasteiger partial charge in [0, 0.05) is 0 Å². The van der Waals surface area contributed by atoms with Crippen molar-refractivity contribution < 1.29 is 17.9 Å². The molecule has 0 unspecified atom stereocenters. The normalized spacial score (nSPS) is 12.5. The van der Waals surface area contributed by atoms with E-state index in [1.165, 1.54) is 6.07 Å². The van der Waals surface area contributed by atoms with Crippen LogP contribution in [0.15, 0.2) is 11.8 Å². The average molecular weight is 151 g/mol. The monoisotopic (exact) mass is 151 g/mol. The first kappa shape index (κ1) is 8.82. The molecule has 0 N–H and O–H groups in total. The van der Waals surface area contributed by atoms with Crippen molar-refractivity contribution >= 4 is 0 Å². The molecule has 0 heterocycles. The molecule has 0 spiro atoms. The fourth-order valence-electron chi connectivity index (χ4n) is 0.315. The quantitative estimate of drug-likeness (QED) is 0.421. The number of hydrogen-bond acceptors (Lipinski definition) is 2. The van der Waals surface area contributed by atoms with Crippen molar-refractivity contribution in [1.82, 2.24) is 0 Å². The minimum atomic E-state index is -4.56. The first-order valence-corrected chi connectivity index (χ1v) is 2.23. The molecule has 5 heteroatoms. The number of alkyl halides is 3. The van der Waals surface area contributed by atoms with E-state index in [0.29, 0.717) is 6.08 Å². The molecule has 0 aliphatic heterocycles. The molecule has 0 radical (unpaired) electrons. The summed E-state index contributed by atoms with van der Waals surface area (Å²) in [6.07, 6.45) is -4.26. The predicted octanol–water partition coefficient (Wildman–Crippen LogP) is 1.60. The van der Waals surface area contributed by atoms with Crippen LogP contribution in [0, 0.1) is 11.3 Å². The minimum absolute atomic E-state index is 0.306. The minimum Gasteiger partial charge on any atom is -0.492 e. The number of nitrogens with zero attached hydrogens (tertiary/aromatic N) is 1. The van der Waals surface area contributed by atoms with Crippen LogP contribution >= 0.6 is 0 Å². The van der Waals surface area contributed by atoms with Gasteiger partial charge in [-0.15, -0.1) is 0 Å². The molecule has 0 bridgehead atoms. The molecule has 0 saturated heterocycles. The molecular weight excluding hydrogens is 147 g/mol. The summed E-state index contributed by atoms with van der Waals surface area (Å²) in [5, 5.41) is 7.82. The Morgan fingerprint density at radius 2 is 2.10 bits per heavy atom. The number of ether oxygens (including phenoxy) is 1. The van der Waals surface area contributed by atoms with Crippen molar-refractivity contribution in [2.75, 3.05) is 7.11 Å². The topological polar surface area (TPSA) is 33.0 Å². The van der Waals surface area contributed by atoms with Gasteiger partial charge >= 0.3 is 6.18 Å². The number of allylic oxidation sites excluding steroid dienone is 2. The van der Waals surface area contributed by atoms with E-state index >= 15 is 0 Å². The predicted molar refractivity (Wildman–Crippen MR) is 26.8 cm³/mol. The third kappa shape index (κ3) is 2.40. The van der Waals surface area contributed by atoms with Crippen LogP contribution in [-0.4, -0.2) is 13.3 Å². The Morgan fingerprint density at radius 3 is 2.20 bits per heavy atom. The Balaban J connectivity index is 4.41. The second-order valence-electron chi connectivity index (χ2n) is 1.34. The Labute approximate surface area is 55.5 Å². The Kier molecular flexibility index (Phi) is 2.74. The average Bonchev–Trinajstić information content (AvgIpc) is 1.80. The van der Waals surface area contributed by atoms with E-state index in [1.54, 1.807) is 0 Å². The van der Waals surface area contributed by atoms with Gasteiger partial charge < -0.3 is 4.74 Å². The van der Waals surface area contributed by atoms with Crippen molar-refractivity contribution in [3.63, 3.8) is 0 Å². The van der Waals surface area contributed by atoms with Crippen LogP contribution < -0.4 is 0 Å². The summed E-state index contributed by atoms with van der Waals surface area (Å²) in [6.45, 7) is 0. The molecule has 0 aromatic carbocycles. The van der Waals surface area contributed by atoms with E-state index in [9.17, 15) is 13.2 Å². The summed E-state index contributed by atoms with van der Waals surface area (Å²) >= 11 is 0. The van der Waals surface area contributed by atoms with Crippen LogP contribution in [0.1, 0.15) is 0 Å². The molecule has 0 amide bonds. The first-order valence-electron chi connectivity index (χ1n) is 2.23. The third-order valence-corrected chi connectivity index (χ3v) is 0.695. The van der Waals surface area contributed by atoms with E-state index in [2.05, 4.69) is 4.74 Å². The highest BCUT2D eigenvalue weighted by atomic mass is 19.4. The summed E-state index contributed by atoms with van der Waals surface area (Å²) in [5.74, 6) is -1.28. The van der Waals surface area contributed by atoms with E-state index in [0.717, 1.165) is 7.11 Å². The second-order valence-corrected chi connectivity index (χ2v) is 1.34. The molecule has 0 atom stereocenters. The fourth-order valence-corrected chi connectivity index (χ4v) is 0.315. The number of nitriles is 1. The third-order valence-electron chi connectivity index (χ3n) is 0.695. The molecule has 0 saturated carbocycles. The summed E-state index contributed by atoms with van der Waals surface area (Å²) in [7, 11) is 0.858. The van der Waals surface area contributed by atoms with Gasteiger partial charge in [0.25, 0.3) is 0 Å². The molecule has 56 valence electrons. The fraction of sp³-hybridized carbons (Fsp3) is 0.400. The molecule has 2 nitrogen and oxygen atoms in total. The lowest BCUT2D eigenvalue weighted by atomic mass is 10.4. The summed E-state index contributed by atoms with van der Waals surface area (Å²) in [4.78, 5) is 0. The zero-order chi connectivity index (χ0) is 8.20. The summed E-state index contributed by atoms with van der Waals surface area (Å²) in [5.41, 5.74) is 0. The lowest BCUT2D eigenvalue weighted by Gasteiger charge is -2.06. The molecule has 10 heavy (non-hydrogen) atoms. The van der Waals surface area contributed by atoms with Crippen molar-refractivity contribution in [3.8, 4) is 6.07 Å². The van der Waals surface area contributed by atoms with E-state index in [1.807, 2.05) is 0 Å². The maximum atomic E-state index is 11.6. The maximum absolute atomic E-state index is 11.6. The van der Waals surface area contributed by atoms with Crippen molar-refractivity contribution in [2.24, 2.45) is 0 Å². The van der Waals surface area contributed by atoms with Crippen molar-refractivity contribution in [1.29, 1.82) is 5.26 Å². The van der Waals surface area contributed by atoms with Crippen molar-refractivity contribution in [2.45, 2.75) is 6.18 Å². The largest absolute Gasteiger partial charge is 0.492 e. The lowest BCUT2D eigenvalue weighted by Crippen LogP contribution is -2.12. The van der Waals surface area contributed by atoms with Gasteiger partial charge in [-0.1, -0.05) is 0 Å². The van der Waals surface area contributed by atoms with Gasteiger partial charge in [0.05, 0.1) is 19.3 Å². The van der Waals surface area contributed by atoms with Gasteiger partial charge in [0.2, 0.25) is 5.76 Å². The van der Waals surface area contributed by atoms with Gasteiger partial charge in [0.1, 0.15) is 0 Å². The molecular formula is C5H4F3NO. The van der Waals surface area contributed by atoms with Gasteiger partial charge in [-0.05, 0) is 0 Å². The first-order chi connectivity index (χ1) is 4.52. The SMILES string of the molecule is CO/C(=C/C#N)C(F)(F)F. The zero-order valence-electron chi connectivity index (χ0n) is 5.07.